The van der Waals surface area contributed by atoms with Crippen LogP contribution in [0, 0.1) is 5.82 Å². The lowest BCUT2D eigenvalue weighted by Gasteiger charge is -2.36. The summed E-state index contributed by atoms with van der Waals surface area (Å²) in [4.78, 5) is 20.5. The van der Waals surface area contributed by atoms with E-state index in [1.165, 1.54) is 18.2 Å². The number of piperazine rings is 1. The van der Waals surface area contributed by atoms with E-state index in [1.54, 1.807) is 37.9 Å². The van der Waals surface area contributed by atoms with Crippen LogP contribution in [0.3, 0.4) is 0 Å². The SMILES string of the molecule is CC(C)(C)S(=O)(=O)c1ccc(N2CCN(C(=O)c3ccc(F)cc3Cl)CC2)cn1. The molecule has 0 unspecified atom stereocenters. The Bertz CT molecular complexity index is 1010. The molecule has 0 atom stereocenters. The fourth-order valence-electron chi connectivity index (χ4n) is 3.03. The van der Waals surface area contributed by atoms with Crippen LogP contribution in [0.4, 0.5) is 10.1 Å². The van der Waals surface area contributed by atoms with Crippen LogP contribution in [0.1, 0.15) is 31.1 Å². The largest absolute Gasteiger partial charge is 0.367 e. The Morgan fingerprint density at radius 3 is 2.28 bits per heavy atom. The lowest BCUT2D eigenvalue weighted by Crippen LogP contribution is -2.48. The lowest BCUT2D eigenvalue weighted by atomic mass is 10.1. The van der Waals surface area contributed by atoms with Crippen LogP contribution in [-0.4, -0.2) is 55.1 Å². The molecule has 0 spiro atoms. The number of nitrogens with zero attached hydrogens (tertiary/aromatic N) is 3. The van der Waals surface area contributed by atoms with Crippen molar-refractivity contribution in [3.8, 4) is 0 Å². The summed E-state index contributed by atoms with van der Waals surface area (Å²) in [5.74, 6) is -0.722. The van der Waals surface area contributed by atoms with E-state index in [4.69, 9.17) is 11.6 Å². The highest BCUT2D eigenvalue weighted by molar-refractivity contribution is 7.92. The summed E-state index contributed by atoms with van der Waals surface area (Å²) in [5, 5.41) is 0.144. The molecule has 1 amide bonds. The third-order valence-corrected chi connectivity index (χ3v) is 7.61. The Balaban J connectivity index is 1.67. The van der Waals surface area contributed by atoms with Gasteiger partial charge in [-0.05, 0) is 51.1 Å². The van der Waals surface area contributed by atoms with Gasteiger partial charge in [-0.2, -0.15) is 0 Å². The zero-order valence-electron chi connectivity index (χ0n) is 16.5. The molecule has 1 aromatic carbocycles. The fraction of sp³-hybridized carbons (Fsp3) is 0.400. The van der Waals surface area contributed by atoms with Crippen molar-refractivity contribution in [1.82, 2.24) is 9.88 Å². The monoisotopic (exact) mass is 439 g/mol. The van der Waals surface area contributed by atoms with E-state index in [0.717, 1.165) is 11.8 Å². The van der Waals surface area contributed by atoms with Crippen molar-refractivity contribution in [2.75, 3.05) is 31.1 Å². The van der Waals surface area contributed by atoms with Gasteiger partial charge in [0, 0.05) is 26.2 Å². The first kappa shape index (κ1) is 21.5. The maximum Gasteiger partial charge on any atom is 0.255 e. The molecule has 1 saturated heterocycles. The van der Waals surface area contributed by atoms with E-state index < -0.39 is 20.4 Å². The zero-order chi connectivity index (χ0) is 21.4. The third-order valence-electron chi connectivity index (χ3n) is 4.90. The second-order valence-corrected chi connectivity index (χ2v) is 10.9. The Kier molecular flexibility index (Phi) is 5.87. The summed E-state index contributed by atoms with van der Waals surface area (Å²) in [6.07, 6.45) is 1.55. The summed E-state index contributed by atoms with van der Waals surface area (Å²) in [5.41, 5.74) is 1.07. The Labute approximate surface area is 175 Å². The average molecular weight is 440 g/mol. The Morgan fingerprint density at radius 1 is 1.10 bits per heavy atom. The molecule has 0 saturated carbocycles. The molecule has 2 aromatic rings. The molecule has 6 nitrogen and oxygen atoms in total. The van der Waals surface area contributed by atoms with Crippen LogP contribution in [-0.2, 0) is 9.84 Å². The average Bonchev–Trinajstić information content (AvgIpc) is 2.67. The second-order valence-electron chi connectivity index (χ2n) is 7.87. The van der Waals surface area contributed by atoms with Gasteiger partial charge in [-0.25, -0.2) is 17.8 Å². The van der Waals surface area contributed by atoms with Crippen molar-refractivity contribution >= 4 is 33.0 Å². The number of pyridine rings is 1. The smallest absolute Gasteiger partial charge is 0.255 e. The van der Waals surface area contributed by atoms with Gasteiger partial charge >= 0.3 is 0 Å². The molecular formula is C20H23ClFN3O3S. The first-order chi connectivity index (χ1) is 13.5. The van der Waals surface area contributed by atoms with Gasteiger partial charge in [0.1, 0.15) is 5.82 Å². The van der Waals surface area contributed by atoms with E-state index in [-0.39, 0.29) is 21.5 Å². The standard InChI is InChI=1S/C20H23ClFN3O3S/c1-20(2,3)29(27,28)18-7-5-15(13-23-18)24-8-10-25(11-9-24)19(26)16-6-4-14(22)12-17(16)21/h4-7,12-13H,8-11H2,1-3H3. The van der Waals surface area contributed by atoms with Gasteiger partial charge in [0.05, 0.1) is 27.2 Å². The molecule has 29 heavy (non-hydrogen) atoms. The molecule has 9 heteroatoms. The van der Waals surface area contributed by atoms with Gasteiger partial charge in [-0.15, -0.1) is 0 Å². The third kappa shape index (κ3) is 4.38. The number of rotatable bonds is 3. The van der Waals surface area contributed by atoms with Gasteiger partial charge in [-0.3, -0.25) is 4.79 Å². The molecule has 1 fully saturated rings. The Hall–Kier alpha value is -2.19. The highest BCUT2D eigenvalue weighted by Gasteiger charge is 2.32. The van der Waals surface area contributed by atoms with Gasteiger partial charge in [0.25, 0.3) is 5.91 Å². The van der Waals surface area contributed by atoms with E-state index in [1.807, 2.05) is 4.90 Å². The maximum absolute atomic E-state index is 13.2. The predicted molar refractivity (Wildman–Crippen MR) is 111 cm³/mol. The number of anilines is 1. The van der Waals surface area contributed by atoms with Crippen LogP contribution in [0.25, 0.3) is 0 Å². The molecule has 0 radical (unpaired) electrons. The number of aromatic nitrogens is 1. The van der Waals surface area contributed by atoms with Crippen LogP contribution >= 0.6 is 11.6 Å². The van der Waals surface area contributed by atoms with Crippen molar-refractivity contribution in [2.45, 2.75) is 30.5 Å². The van der Waals surface area contributed by atoms with Gasteiger partial charge < -0.3 is 9.80 Å². The summed E-state index contributed by atoms with van der Waals surface area (Å²) in [7, 11) is -3.50. The molecule has 1 aromatic heterocycles. The fourth-order valence-corrected chi connectivity index (χ4v) is 4.35. The van der Waals surface area contributed by atoms with Crippen LogP contribution in [0.15, 0.2) is 41.6 Å². The van der Waals surface area contributed by atoms with Crippen LogP contribution in [0.2, 0.25) is 5.02 Å². The summed E-state index contributed by atoms with van der Waals surface area (Å²) in [6.45, 7) is 6.99. The molecule has 1 aliphatic rings. The van der Waals surface area contributed by atoms with E-state index in [2.05, 4.69) is 4.98 Å². The number of sulfone groups is 1. The lowest BCUT2D eigenvalue weighted by molar-refractivity contribution is 0.0747. The number of halogens is 2. The first-order valence-corrected chi connectivity index (χ1v) is 11.1. The summed E-state index contributed by atoms with van der Waals surface area (Å²) >= 11 is 6.00. The minimum atomic E-state index is -3.50. The topological polar surface area (TPSA) is 70.6 Å². The molecule has 3 rings (SSSR count). The predicted octanol–water partition coefficient (Wildman–Crippen LogP) is 3.41. The number of carbonyl (C=O) groups is 1. The molecule has 1 aliphatic heterocycles. The minimum absolute atomic E-state index is 0.0496. The molecule has 0 N–H and O–H groups in total. The number of carbonyl (C=O) groups excluding carboxylic acids is 1. The second kappa shape index (κ2) is 7.91. The summed E-state index contributed by atoms with van der Waals surface area (Å²) < 4.78 is 37.3. The number of amides is 1. The molecular weight excluding hydrogens is 417 g/mol. The molecule has 0 bridgehead atoms. The van der Waals surface area contributed by atoms with Crippen molar-refractivity contribution in [1.29, 1.82) is 0 Å². The Morgan fingerprint density at radius 2 is 1.76 bits per heavy atom. The first-order valence-electron chi connectivity index (χ1n) is 9.20. The van der Waals surface area contributed by atoms with Crippen LogP contribution < -0.4 is 4.90 Å². The molecule has 0 aliphatic carbocycles. The molecule has 2 heterocycles. The highest BCUT2D eigenvalue weighted by Crippen LogP contribution is 2.25. The van der Waals surface area contributed by atoms with Crippen molar-refractivity contribution in [3.63, 3.8) is 0 Å². The van der Waals surface area contributed by atoms with Crippen molar-refractivity contribution < 1.29 is 17.6 Å². The minimum Gasteiger partial charge on any atom is -0.367 e. The van der Waals surface area contributed by atoms with Gasteiger partial charge in [0.2, 0.25) is 0 Å². The number of benzene rings is 1. The molecule has 156 valence electrons. The van der Waals surface area contributed by atoms with E-state index in [0.29, 0.717) is 26.2 Å². The van der Waals surface area contributed by atoms with Crippen molar-refractivity contribution in [2.24, 2.45) is 0 Å². The normalized spacial score (nSPS) is 15.5. The van der Waals surface area contributed by atoms with E-state index >= 15 is 0 Å². The van der Waals surface area contributed by atoms with Crippen LogP contribution in [0.5, 0.6) is 0 Å². The summed E-state index contributed by atoms with van der Waals surface area (Å²) in [6, 6.07) is 6.99. The van der Waals surface area contributed by atoms with Gasteiger partial charge in [0.15, 0.2) is 14.9 Å². The zero-order valence-corrected chi connectivity index (χ0v) is 18.1. The van der Waals surface area contributed by atoms with E-state index in [9.17, 15) is 17.6 Å². The van der Waals surface area contributed by atoms with Gasteiger partial charge in [-0.1, -0.05) is 11.6 Å². The maximum atomic E-state index is 13.2. The number of hydrogen-bond donors (Lipinski definition) is 0. The highest BCUT2D eigenvalue weighted by atomic mass is 35.5. The quantitative estimate of drug-likeness (QED) is 0.733. The van der Waals surface area contributed by atoms with Crippen molar-refractivity contribution in [3.05, 3.63) is 52.9 Å². The number of hydrogen-bond acceptors (Lipinski definition) is 5.